The number of hydrogen-bond acceptors (Lipinski definition) is 4. The lowest BCUT2D eigenvalue weighted by molar-refractivity contribution is -0.114. The first-order valence-corrected chi connectivity index (χ1v) is 6.22. The Kier molecular flexibility index (Phi) is 3.81. The van der Waals surface area contributed by atoms with E-state index in [1.54, 1.807) is 6.07 Å². The highest BCUT2D eigenvalue weighted by atomic mass is 16.2. The van der Waals surface area contributed by atoms with Gasteiger partial charge >= 0.3 is 0 Å². The van der Waals surface area contributed by atoms with Crippen molar-refractivity contribution >= 4 is 17.3 Å². The summed E-state index contributed by atoms with van der Waals surface area (Å²) >= 11 is 0. The largest absolute Gasteiger partial charge is 0.347 e. The van der Waals surface area contributed by atoms with Crippen molar-refractivity contribution in [2.24, 2.45) is 5.10 Å². The number of rotatable bonds is 4. The van der Waals surface area contributed by atoms with Crippen LogP contribution in [0.15, 0.2) is 23.3 Å². The van der Waals surface area contributed by atoms with Crippen LogP contribution >= 0.6 is 0 Å². The molecule has 1 aliphatic carbocycles. The van der Waals surface area contributed by atoms with Crippen molar-refractivity contribution in [1.82, 2.24) is 5.32 Å². The van der Waals surface area contributed by atoms with E-state index in [1.165, 1.54) is 5.56 Å². The van der Waals surface area contributed by atoms with Crippen molar-refractivity contribution in [3.8, 4) is 6.07 Å². The van der Waals surface area contributed by atoms with E-state index in [0.29, 0.717) is 0 Å². The van der Waals surface area contributed by atoms with Crippen LogP contribution < -0.4 is 10.7 Å². The van der Waals surface area contributed by atoms with Gasteiger partial charge in [0.25, 0.3) is 5.91 Å². The topological polar surface area (TPSA) is 77.3 Å². The zero-order chi connectivity index (χ0) is 13.8. The third kappa shape index (κ3) is 3.55. The normalized spacial score (nSPS) is 14.7. The molecule has 0 aromatic heterocycles. The molecule has 0 saturated heterocycles. The Morgan fingerprint density at radius 1 is 1.37 bits per heavy atom. The van der Waals surface area contributed by atoms with Crippen LogP contribution in [0, 0.1) is 25.2 Å². The van der Waals surface area contributed by atoms with E-state index in [4.69, 9.17) is 5.26 Å². The quantitative estimate of drug-likeness (QED) is 0.637. The van der Waals surface area contributed by atoms with Crippen molar-refractivity contribution in [2.75, 3.05) is 5.43 Å². The molecule has 1 aromatic carbocycles. The molecule has 5 heteroatoms. The van der Waals surface area contributed by atoms with Crippen LogP contribution in [-0.2, 0) is 4.79 Å². The van der Waals surface area contributed by atoms with Crippen LogP contribution in [0.2, 0.25) is 0 Å². The first kappa shape index (κ1) is 13.1. The zero-order valence-corrected chi connectivity index (χ0v) is 11.0. The van der Waals surface area contributed by atoms with Gasteiger partial charge in [0.1, 0.15) is 6.07 Å². The predicted octanol–water partition coefficient (Wildman–Crippen LogP) is 1.87. The molecule has 0 bridgehead atoms. The molecule has 0 aliphatic heterocycles. The molecule has 0 spiro atoms. The highest BCUT2D eigenvalue weighted by Gasteiger charge is 2.25. The monoisotopic (exact) mass is 256 g/mol. The van der Waals surface area contributed by atoms with Gasteiger partial charge in [-0.2, -0.15) is 10.4 Å². The summed E-state index contributed by atoms with van der Waals surface area (Å²) in [4.78, 5) is 11.7. The van der Waals surface area contributed by atoms with Gasteiger partial charge < -0.3 is 5.32 Å². The van der Waals surface area contributed by atoms with Gasteiger partial charge in [0.05, 0.1) is 5.69 Å². The Balaban J connectivity index is 2.03. The summed E-state index contributed by atoms with van der Waals surface area (Å²) in [5.41, 5.74) is 5.66. The summed E-state index contributed by atoms with van der Waals surface area (Å²) in [5, 5.41) is 15.5. The fourth-order valence-electron chi connectivity index (χ4n) is 1.54. The first-order valence-electron chi connectivity index (χ1n) is 6.22. The summed E-state index contributed by atoms with van der Waals surface area (Å²) in [6, 6.07) is 7.77. The lowest BCUT2D eigenvalue weighted by Gasteiger charge is -2.05. The molecule has 0 heterocycles. The number of nitrogens with one attached hydrogen (secondary N) is 2. The average Bonchev–Trinajstić information content (AvgIpc) is 3.18. The van der Waals surface area contributed by atoms with Crippen LogP contribution in [0.25, 0.3) is 0 Å². The maximum Gasteiger partial charge on any atom is 0.282 e. The number of aryl methyl sites for hydroxylation is 2. The lowest BCUT2D eigenvalue weighted by Crippen LogP contribution is -2.32. The number of hydrogen-bond donors (Lipinski definition) is 2. The smallest absolute Gasteiger partial charge is 0.282 e. The molecule has 5 nitrogen and oxygen atoms in total. The zero-order valence-electron chi connectivity index (χ0n) is 11.0. The van der Waals surface area contributed by atoms with Gasteiger partial charge in [0.2, 0.25) is 5.71 Å². The maximum absolute atomic E-state index is 11.7. The van der Waals surface area contributed by atoms with E-state index < -0.39 is 5.91 Å². The molecule has 2 rings (SSSR count). The van der Waals surface area contributed by atoms with Gasteiger partial charge in [-0.05, 0) is 49.9 Å². The molecule has 98 valence electrons. The lowest BCUT2D eigenvalue weighted by atomic mass is 10.1. The number of amides is 1. The Morgan fingerprint density at radius 3 is 2.68 bits per heavy atom. The summed E-state index contributed by atoms with van der Waals surface area (Å²) in [6.45, 7) is 4.02. The molecule has 1 aromatic rings. The standard InChI is InChI=1S/C14H16N4O/c1-9-3-4-12(7-10(9)2)17-18-13(8-15)14(19)16-11-5-6-11/h3-4,7,11,17H,5-6H2,1-2H3,(H,16,19)/b18-13+. The van der Waals surface area contributed by atoms with Crippen molar-refractivity contribution in [3.63, 3.8) is 0 Å². The minimum Gasteiger partial charge on any atom is -0.347 e. The number of hydrazone groups is 1. The minimum absolute atomic E-state index is 0.148. The summed E-state index contributed by atoms with van der Waals surface area (Å²) < 4.78 is 0. The second-order valence-electron chi connectivity index (χ2n) is 4.73. The molecule has 0 radical (unpaired) electrons. The van der Waals surface area contributed by atoms with E-state index in [9.17, 15) is 4.79 Å². The van der Waals surface area contributed by atoms with E-state index >= 15 is 0 Å². The van der Waals surface area contributed by atoms with Gasteiger partial charge in [0.15, 0.2) is 0 Å². The molecule has 1 aliphatic rings. The van der Waals surface area contributed by atoms with E-state index in [2.05, 4.69) is 15.8 Å². The number of benzene rings is 1. The molecule has 2 N–H and O–H groups in total. The number of anilines is 1. The minimum atomic E-state index is -0.415. The number of nitriles is 1. The Bertz CT molecular complexity index is 567. The Morgan fingerprint density at radius 2 is 2.11 bits per heavy atom. The van der Waals surface area contributed by atoms with Crippen LogP contribution in [0.4, 0.5) is 5.69 Å². The SMILES string of the molecule is Cc1ccc(N/N=C(\C#N)C(=O)NC2CC2)cc1C. The van der Waals surface area contributed by atoms with Crippen molar-refractivity contribution in [1.29, 1.82) is 5.26 Å². The molecular weight excluding hydrogens is 240 g/mol. The highest BCUT2D eigenvalue weighted by molar-refractivity contribution is 6.45. The van der Waals surface area contributed by atoms with Gasteiger partial charge in [-0.25, -0.2) is 0 Å². The molecule has 1 fully saturated rings. The summed E-state index contributed by atoms with van der Waals surface area (Å²) in [5.74, 6) is -0.415. The number of nitrogens with zero attached hydrogens (tertiary/aromatic N) is 2. The molecule has 19 heavy (non-hydrogen) atoms. The van der Waals surface area contributed by atoms with Gasteiger partial charge in [-0.3, -0.25) is 10.2 Å². The second-order valence-corrected chi connectivity index (χ2v) is 4.73. The second kappa shape index (κ2) is 5.53. The van der Waals surface area contributed by atoms with Gasteiger partial charge in [0, 0.05) is 6.04 Å². The fourth-order valence-corrected chi connectivity index (χ4v) is 1.54. The highest BCUT2D eigenvalue weighted by Crippen LogP contribution is 2.18. The molecule has 1 amide bonds. The number of carbonyl (C=O) groups is 1. The fraction of sp³-hybridized carbons (Fsp3) is 0.357. The molecule has 0 atom stereocenters. The summed E-state index contributed by atoms with van der Waals surface area (Å²) in [7, 11) is 0. The maximum atomic E-state index is 11.7. The van der Waals surface area contributed by atoms with Gasteiger partial charge in [-0.15, -0.1) is 0 Å². The Labute approximate surface area is 112 Å². The van der Waals surface area contributed by atoms with Crippen molar-refractivity contribution in [2.45, 2.75) is 32.7 Å². The molecule has 1 saturated carbocycles. The van der Waals surface area contributed by atoms with E-state index in [1.807, 2.05) is 32.0 Å². The molecular formula is C14H16N4O. The van der Waals surface area contributed by atoms with Gasteiger partial charge in [-0.1, -0.05) is 6.07 Å². The van der Waals surface area contributed by atoms with E-state index in [0.717, 1.165) is 24.1 Å². The van der Waals surface area contributed by atoms with Crippen LogP contribution in [0.3, 0.4) is 0 Å². The average molecular weight is 256 g/mol. The Hall–Kier alpha value is -2.35. The van der Waals surface area contributed by atoms with Crippen LogP contribution in [-0.4, -0.2) is 17.7 Å². The molecule has 0 unspecified atom stereocenters. The van der Waals surface area contributed by atoms with Crippen LogP contribution in [0.5, 0.6) is 0 Å². The van der Waals surface area contributed by atoms with Crippen molar-refractivity contribution < 1.29 is 4.79 Å². The predicted molar refractivity (Wildman–Crippen MR) is 73.8 cm³/mol. The first-order chi connectivity index (χ1) is 9.10. The van der Waals surface area contributed by atoms with Crippen molar-refractivity contribution in [3.05, 3.63) is 29.3 Å². The van der Waals surface area contributed by atoms with Crippen LogP contribution in [0.1, 0.15) is 24.0 Å². The third-order valence-corrected chi connectivity index (χ3v) is 3.04. The number of carbonyl (C=O) groups excluding carboxylic acids is 1. The van der Waals surface area contributed by atoms with E-state index in [-0.39, 0.29) is 11.8 Å². The summed E-state index contributed by atoms with van der Waals surface area (Å²) in [6.07, 6.45) is 1.96. The third-order valence-electron chi connectivity index (χ3n) is 3.04.